The van der Waals surface area contributed by atoms with Crippen molar-refractivity contribution >= 4 is 28.7 Å². The Kier molecular flexibility index (Phi) is 5.20. The third kappa shape index (κ3) is 4.13. The van der Waals surface area contributed by atoms with Crippen molar-refractivity contribution in [2.24, 2.45) is 0 Å². The fraction of sp³-hybridized carbons (Fsp3) is 0.150. The third-order valence-corrected chi connectivity index (χ3v) is 4.66. The number of benzene rings is 1. The highest BCUT2D eigenvalue weighted by Gasteiger charge is 2.32. The highest BCUT2D eigenvalue weighted by Crippen LogP contribution is 2.36. The maximum atomic E-state index is 13.0. The molecule has 0 saturated heterocycles. The van der Waals surface area contributed by atoms with Crippen molar-refractivity contribution in [3.05, 3.63) is 64.7 Å². The van der Waals surface area contributed by atoms with Gasteiger partial charge in [0.25, 0.3) is 6.01 Å². The Morgan fingerprint density at radius 2 is 1.94 bits per heavy atom. The lowest BCUT2D eigenvalue weighted by molar-refractivity contribution is -0.137. The van der Waals surface area contributed by atoms with Crippen molar-refractivity contribution < 1.29 is 17.6 Å². The van der Waals surface area contributed by atoms with Crippen LogP contribution in [0.15, 0.2) is 47.3 Å². The van der Waals surface area contributed by atoms with Gasteiger partial charge in [0, 0.05) is 18.6 Å². The predicted molar refractivity (Wildman–Crippen MR) is 106 cm³/mol. The molecule has 1 N–H and O–H groups in total. The number of alkyl halides is 3. The summed E-state index contributed by atoms with van der Waals surface area (Å²) in [5.74, 6) is 0. The average Bonchev–Trinajstić information content (AvgIpc) is 3.16. The summed E-state index contributed by atoms with van der Waals surface area (Å²) in [5.41, 5.74) is 0.985. The highest BCUT2D eigenvalue weighted by molar-refractivity contribution is 6.34. The molecule has 31 heavy (non-hydrogen) atoms. The number of halogens is 4. The first-order chi connectivity index (χ1) is 14.8. The molecule has 0 radical (unpaired) electrons. The molecule has 3 heterocycles. The summed E-state index contributed by atoms with van der Waals surface area (Å²) in [5, 5.41) is 11.7. The number of nitrogens with zero attached hydrogens (tertiary/aromatic N) is 5. The van der Waals surface area contributed by atoms with E-state index in [1.54, 1.807) is 19.1 Å². The van der Waals surface area contributed by atoms with E-state index >= 15 is 0 Å². The lowest BCUT2D eigenvalue weighted by atomic mass is 10.1. The number of anilines is 1. The molecule has 4 rings (SSSR count). The van der Waals surface area contributed by atoms with Gasteiger partial charge in [-0.05, 0) is 31.2 Å². The zero-order valence-electron chi connectivity index (χ0n) is 15.8. The van der Waals surface area contributed by atoms with Gasteiger partial charge in [-0.1, -0.05) is 11.6 Å². The summed E-state index contributed by atoms with van der Waals surface area (Å²) in [6.07, 6.45) is -0.129. The van der Waals surface area contributed by atoms with Crippen LogP contribution >= 0.6 is 11.6 Å². The summed E-state index contributed by atoms with van der Waals surface area (Å²) < 4.78 is 44.6. The van der Waals surface area contributed by atoms with Crippen molar-refractivity contribution in [2.75, 3.05) is 5.32 Å². The minimum Gasteiger partial charge on any atom is -0.422 e. The summed E-state index contributed by atoms with van der Waals surface area (Å²) >= 11 is 5.95. The lowest BCUT2D eigenvalue weighted by Crippen LogP contribution is -2.11. The smallest absolute Gasteiger partial charge is 0.416 e. The molecule has 0 aliphatic carbocycles. The van der Waals surface area contributed by atoms with Gasteiger partial charge in [0.1, 0.15) is 17.3 Å². The predicted octanol–water partition coefficient (Wildman–Crippen LogP) is 5.40. The quantitative estimate of drug-likeness (QED) is 0.450. The van der Waals surface area contributed by atoms with E-state index in [0.29, 0.717) is 22.6 Å². The van der Waals surface area contributed by atoms with Crippen molar-refractivity contribution in [3.8, 4) is 17.5 Å². The van der Waals surface area contributed by atoms with Crippen molar-refractivity contribution in [3.63, 3.8) is 0 Å². The molecular formula is C20H12ClF3N6O. The first-order valence-electron chi connectivity index (χ1n) is 8.87. The number of aromatic nitrogens is 4. The maximum absolute atomic E-state index is 13.0. The topological polar surface area (TPSA) is 101 Å². The molecule has 7 nitrogen and oxygen atoms in total. The molecule has 11 heteroatoms. The van der Waals surface area contributed by atoms with Gasteiger partial charge in [0.15, 0.2) is 5.58 Å². The Morgan fingerprint density at radius 1 is 1.16 bits per heavy atom. The Hall–Kier alpha value is -3.71. The molecule has 0 aliphatic rings. The zero-order chi connectivity index (χ0) is 22.2. The molecule has 1 aromatic carbocycles. The minimum absolute atomic E-state index is 0.0203. The van der Waals surface area contributed by atoms with Gasteiger partial charge < -0.3 is 9.73 Å². The summed E-state index contributed by atoms with van der Waals surface area (Å²) in [4.78, 5) is 17.0. The Labute approximate surface area is 178 Å². The second kappa shape index (κ2) is 7.85. The number of pyridine rings is 1. The normalized spacial score (nSPS) is 12.5. The molecular weight excluding hydrogens is 433 g/mol. The van der Waals surface area contributed by atoms with E-state index in [1.165, 1.54) is 18.6 Å². The SMILES string of the molecule is CC(Nc1nc2cc(C(F)(F)F)cc(Cl)c2o1)c1nccnc1-c1ccc(C#N)cn1. The summed E-state index contributed by atoms with van der Waals surface area (Å²) in [7, 11) is 0. The first-order valence-corrected chi connectivity index (χ1v) is 9.25. The monoisotopic (exact) mass is 444 g/mol. The van der Waals surface area contributed by atoms with Crippen LogP contribution in [0.1, 0.15) is 29.8 Å². The number of nitriles is 1. The van der Waals surface area contributed by atoms with Gasteiger partial charge in [0.05, 0.1) is 33.6 Å². The molecule has 1 atom stereocenters. The zero-order valence-corrected chi connectivity index (χ0v) is 16.5. The van der Waals surface area contributed by atoms with Gasteiger partial charge in [-0.15, -0.1) is 0 Å². The van der Waals surface area contributed by atoms with Crippen LogP contribution < -0.4 is 5.32 Å². The minimum atomic E-state index is -4.56. The van der Waals surface area contributed by atoms with Crippen LogP contribution in [0.25, 0.3) is 22.5 Å². The number of hydrogen-bond acceptors (Lipinski definition) is 7. The van der Waals surface area contributed by atoms with E-state index < -0.39 is 17.8 Å². The number of rotatable bonds is 4. The standard InChI is InChI=1S/C20H12ClF3N6O/c1-10(16-17(27-5-4-26-16)14-3-2-11(8-25)9-28-14)29-19-30-15-7-12(20(22,23)24)6-13(21)18(15)31-19/h2-7,9-10H,1H3,(H,29,30). The van der Waals surface area contributed by atoms with Crippen LogP contribution in [0, 0.1) is 11.3 Å². The van der Waals surface area contributed by atoms with Gasteiger partial charge in [-0.2, -0.15) is 23.4 Å². The molecule has 0 bridgehead atoms. The van der Waals surface area contributed by atoms with Crippen LogP contribution in [-0.4, -0.2) is 19.9 Å². The lowest BCUT2D eigenvalue weighted by Gasteiger charge is -2.14. The fourth-order valence-electron chi connectivity index (χ4n) is 2.93. The van der Waals surface area contributed by atoms with E-state index in [1.807, 2.05) is 6.07 Å². The molecule has 0 saturated carbocycles. The first kappa shape index (κ1) is 20.6. The largest absolute Gasteiger partial charge is 0.422 e. The maximum Gasteiger partial charge on any atom is 0.416 e. The Bertz CT molecular complexity index is 1300. The average molecular weight is 445 g/mol. The molecule has 0 fully saturated rings. The van der Waals surface area contributed by atoms with Gasteiger partial charge in [-0.25, -0.2) is 0 Å². The van der Waals surface area contributed by atoms with Crippen LogP contribution in [-0.2, 0) is 6.18 Å². The number of hydrogen-bond donors (Lipinski definition) is 1. The number of oxazole rings is 1. The van der Waals surface area contributed by atoms with E-state index in [2.05, 4.69) is 25.3 Å². The molecule has 0 aliphatic heterocycles. The van der Waals surface area contributed by atoms with E-state index in [0.717, 1.165) is 12.1 Å². The fourth-order valence-corrected chi connectivity index (χ4v) is 3.19. The molecule has 1 unspecified atom stereocenters. The molecule has 4 aromatic rings. The van der Waals surface area contributed by atoms with Gasteiger partial charge in [-0.3, -0.25) is 15.0 Å². The third-order valence-electron chi connectivity index (χ3n) is 4.38. The molecule has 3 aromatic heterocycles. The second-order valence-electron chi connectivity index (χ2n) is 6.52. The van der Waals surface area contributed by atoms with Gasteiger partial charge >= 0.3 is 6.18 Å². The van der Waals surface area contributed by atoms with Crippen molar-refractivity contribution in [1.82, 2.24) is 19.9 Å². The van der Waals surface area contributed by atoms with E-state index in [4.69, 9.17) is 21.3 Å². The van der Waals surface area contributed by atoms with E-state index in [-0.39, 0.29) is 22.1 Å². The van der Waals surface area contributed by atoms with Crippen LogP contribution in [0.2, 0.25) is 5.02 Å². The van der Waals surface area contributed by atoms with Gasteiger partial charge in [0.2, 0.25) is 0 Å². The molecule has 0 amide bonds. The molecule has 156 valence electrons. The van der Waals surface area contributed by atoms with Crippen LogP contribution in [0.4, 0.5) is 19.2 Å². The molecule has 0 spiro atoms. The van der Waals surface area contributed by atoms with Crippen molar-refractivity contribution in [2.45, 2.75) is 19.1 Å². The highest BCUT2D eigenvalue weighted by atomic mass is 35.5. The van der Waals surface area contributed by atoms with Crippen molar-refractivity contribution in [1.29, 1.82) is 5.26 Å². The number of fused-ring (bicyclic) bond motifs is 1. The van der Waals surface area contributed by atoms with Crippen LogP contribution in [0.5, 0.6) is 0 Å². The van der Waals surface area contributed by atoms with E-state index in [9.17, 15) is 13.2 Å². The Morgan fingerprint density at radius 3 is 2.61 bits per heavy atom. The Balaban J connectivity index is 1.66. The number of nitrogens with one attached hydrogen (secondary N) is 1. The second-order valence-corrected chi connectivity index (χ2v) is 6.93. The van der Waals surface area contributed by atoms with Crippen LogP contribution in [0.3, 0.4) is 0 Å². The summed E-state index contributed by atoms with van der Waals surface area (Å²) in [6, 6.07) is 6.40. The summed E-state index contributed by atoms with van der Waals surface area (Å²) in [6.45, 7) is 1.76.